The largest absolute Gasteiger partial charge is 0.494 e. The lowest BCUT2D eigenvalue weighted by Crippen LogP contribution is -2.09. The molecule has 208 valence electrons. The third-order valence-electron chi connectivity index (χ3n) is 7.17. The van der Waals surface area contributed by atoms with Crippen molar-refractivity contribution in [2.75, 3.05) is 37.6 Å². The summed E-state index contributed by atoms with van der Waals surface area (Å²) in [7, 11) is -1.58. The number of ether oxygens (including phenoxy) is 3. The molecule has 0 saturated heterocycles. The van der Waals surface area contributed by atoms with E-state index in [1.807, 2.05) is 30.3 Å². The molecule has 0 saturated carbocycles. The number of aryl methyl sites for hydroxylation is 2. The zero-order chi connectivity index (χ0) is 28.2. The summed E-state index contributed by atoms with van der Waals surface area (Å²) in [4.78, 5) is 11.7. The highest BCUT2D eigenvalue weighted by Gasteiger charge is 2.27. The van der Waals surface area contributed by atoms with E-state index in [1.54, 1.807) is 0 Å². The molecule has 1 N–H and O–H groups in total. The Labute approximate surface area is 231 Å². The summed E-state index contributed by atoms with van der Waals surface area (Å²) in [6.07, 6.45) is 2.03. The predicted molar refractivity (Wildman–Crippen MR) is 155 cm³/mol. The molecule has 0 radical (unpaired) electrons. The summed E-state index contributed by atoms with van der Waals surface area (Å²) in [5.74, 6) is 1.48. The average Bonchev–Trinajstić information content (AvgIpc) is 3.27. The molecule has 1 atom stereocenters. The van der Waals surface area contributed by atoms with Crippen LogP contribution in [-0.4, -0.2) is 46.7 Å². The van der Waals surface area contributed by atoms with E-state index in [9.17, 15) is 13.2 Å². The second-order valence-electron chi connectivity index (χ2n) is 10.2. The number of anilines is 1. The number of carbonyl (C=O) groups excluding carboxylic acids is 1. The number of benzene rings is 3. The summed E-state index contributed by atoms with van der Waals surface area (Å²) < 4.78 is 39.2. The van der Waals surface area contributed by atoms with E-state index in [1.165, 1.54) is 35.6 Å². The summed E-state index contributed by atoms with van der Waals surface area (Å²) >= 11 is 0. The first-order chi connectivity index (χ1) is 18.6. The van der Waals surface area contributed by atoms with Gasteiger partial charge in [0.05, 0.1) is 32.5 Å². The first-order valence-electron chi connectivity index (χ1n) is 13.1. The van der Waals surface area contributed by atoms with Crippen LogP contribution in [0.1, 0.15) is 46.6 Å². The molecule has 0 aliphatic carbocycles. The van der Waals surface area contributed by atoms with Gasteiger partial charge in [0.15, 0.2) is 0 Å². The van der Waals surface area contributed by atoms with E-state index in [4.69, 9.17) is 14.2 Å². The van der Waals surface area contributed by atoms with Gasteiger partial charge in [-0.2, -0.15) is 0 Å². The Kier molecular flexibility index (Phi) is 8.85. The van der Waals surface area contributed by atoms with Crippen LogP contribution in [0, 0.1) is 20.8 Å². The molecule has 3 aromatic carbocycles. The van der Waals surface area contributed by atoms with Gasteiger partial charge in [0.25, 0.3) is 0 Å². The summed E-state index contributed by atoms with van der Waals surface area (Å²) in [6, 6.07) is 16.4. The average molecular weight is 552 g/mol. The topological polar surface area (TPSA) is 90.9 Å². The van der Waals surface area contributed by atoms with Crippen molar-refractivity contribution in [1.82, 2.24) is 0 Å². The predicted octanol–water partition coefficient (Wildman–Crippen LogP) is 5.74. The normalized spacial score (nSPS) is 14.4. The van der Waals surface area contributed by atoms with Gasteiger partial charge < -0.3 is 19.5 Å². The zero-order valence-corrected chi connectivity index (χ0v) is 24.1. The standard InChI is InChI=1S/C31H37NO6S/c1-20-14-26(37-12-7-13-39(5,34)35)15-21(2)31(20)27-9-6-8-23(22(27)3)18-32-25-10-11-28-24(16-30(33)36-4)19-38-29(28)17-25/h6,8-11,14-15,17,24,32H,7,12-13,16,18-19H2,1-5H3. The van der Waals surface area contributed by atoms with Gasteiger partial charge in [0.2, 0.25) is 0 Å². The molecule has 39 heavy (non-hydrogen) atoms. The number of hydrogen-bond acceptors (Lipinski definition) is 7. The van der Waals surface area contributed by atoms with Crippen molar-refractivity contribution in [3.05, 3.63) is 76.3 Å². The molecule has 0 fully saturated rings. The monoisotopic (exact) mass is 551 g/mol. The number of fused-ring (bicyclic) bond motifs is 1. The highest BCUT2D eigenvalue weighted by molar-refractivity contribution is 7.90. The molecule has 0 amide bonds. The molecule has 8 heteroatoms. The van der Waals surface area contributed by atoms with Gasteiger partial charge in [0.1, 0.15) is 21.3 Å². The van der Waals surface area contributed by atoms with Crippen LogP contribution in [0.3, 0.4) is 0 Å². The number of carbonyl (C=O) groups is 1. The first-order valence-corrected chi connectivity index (χ1v) is 15.2. The first kappa shape index (κ1) is 28.5. The summed E-state index contributed by atoms with van der Waals surface area (Å²) in [5, 5.41) is 3.52. The van der Waals surface area contributed by atoms with Crippen LogP contribution in [0.2, 0.25) is 0 Å². The smallest absolute Gasteiger partial charge is 0.306 e. The van der Waals surface area contributed by atoms with E-state index >= 15 is 0 Å². The van der Waals surface area contributed by atoms with E-state index in [0.717, 1.165) is 33.9 Å². The molecule has 3 aromatic rings. The number of sulfone groups is 1. The molecule has 4 rings (SSSR count). The van der Waals surface area contributed by atoms with Crippen LogP contribution in [0.4, 0.5) is 5.69 Å². The molecule has 0 bridgehead atoms. The minimum absolute atomic E-state index is 0.0242. The maximum Gasteiger partial charge on any atom is 0.306 e. The van der Waals surface area contributed by atoms with Gasteiger partial charge >= 0.3 is 5.97 Å². The molecular formula is C31H37NO6S. The second kappa shape index (κ2) is 12.1. The number of rotatable bonds is 11. The molecule has 1 heterocycles. The van der Waals surface area contributed by atoms with Crippen molar-refractivity contribution < 1.29 is 27.4 Å². The number of hydrogen-bond donors (Lipinski definition) is 1. The van der Waals surface area contributed by atoms with Gasteiger partial charge in [-0.15, -0.1) is 0 Å². The van der Waals surface area contributed by atoms with Crippen LogP contribution < -0.4 is 14.8 Å². The third-order valence-corrected chi connectivity index (χ3v) is 8.20. The van der Waals surface area contributed by atoms with E-state index in [2.05, 4.69) is 44.3 Å². The highest BCUT2D eigenvalue weighted by Crippen LogP contribution is 2.38. The Morgan fingerprint density at radius 2 is 1.82 bits per heavy atom. The zero-order valence-electron chi connectivity index (χ0n) is 23.3. The molecular weight excluding hydrogens is 514 g/mol. The van der Waals surface area contributed by atoms with Crippen molar-refractivity contribution >= 4 is 21.5 Å². The summed E-state index contributed by atoms with van der Waals surface area (Å²) in [5.41, 5.74) is 8.97. The Balaban J connectivity index is 1.45. The second-order valence-corrected chi connectivity index (χ2v) is 12.5. The van der Waals surface area contributed by atoms with E-state index in [-0.39, 0.29) is 17.6 Å². The van der Waals surface area contributed by atoms with Crippen molar-refractivity contribution in [2.45, 2.75) is 46.1 Å². The van der Waals surface area contributed by atoms with Crippen LogP contribution >= 0.6 is 0 Å². The van der Waals surface area contributed by atoms with Gasteiger partial charge in [-0.1, -0.05) is 24.3 Å². The van der Waals surface area contributed by atoms with E-state index in [0.29, 0.717) is 32.6 Å². The minimum Gasteiger partial charge on any atom is -0.494 e. The SMILES string of the molecule is COC(=O)CC1COc2cc(NCc3cccc(-c4c(C)cc(OCCCS(C)(=O)=O)cc4C)c3C)ccc21. The third kappa shape index (κ3) is 7.12. The van der Waals surface area contributed by atoms with Gasteiger partial charge in [-0.3, -0.25) is 4.79 Å². The quantitative estimate of drug-likeness (QED) is 0.240. The van der Waals surface area contributed by atoms with Gasteiger partial charge in [-0.25, -0.2) is 8.42 Å². The Hall–Kier alpha value is -3.52. The Bertz CT molecular complexity index is 1440. The number of esters is 1. The van der Waals surface area contributed by atoms with Crippen LogP contribution in [-0.2, 0) is 25.9 Å². The van der Waals surface area contributed by atoms with Crippen molar-refractivity contribution in [2.24, 2.45) is 0 Å². The fraction of sp³-hybridized carbons (Fsp3) is 0.387. The Morgan fingerprint density at radius 3 is 2.51 bits per heavy atom. The lowest BCUT2D eigenvalue weighted by atomic mass is 9.90. The van der Waals surface area contributed by atoms with Crippen LogP contribution in [0.25, 0.3) is 11.1 Å². The lowest BCUT2D eigenvalue weighted by molar-refractivity contribution is -0.141. The van der Waals surface area contributed by atoms with E-state index < -0.39 is 9.84 Å². The maximum atomic E-state index is 11.7. The number of methoxy groups -OCH3 is 1. The molecule has 1 aliphatic heterocycles. The lowest BCUT2D eigenvalue weighted by Gasteiger charge is -2.18. The maximum absolute atomic E-state index is 11.7. The Morgan fingerprint density at radius 1 is 1.08 bits per heavy atom. The fourth-order valence-corrected chi connectivity index (χ4v) is 5.77. The van der Waals surface area contributed by atoms with Crippen LogP contribution in [0.15, 0.2) is 48.5 Å². The molecule has 7 nitrogen and oxygen atoms in total. The van der Waals surface area contributed by atoms with Crippen molar-refractivity contribution in [3.63, 3.8) is 0 Å². The highest BCUT2D eigenvalue weighted by atomic mass is 32.2. The molecule has 1 aliphatic rings. The molecule has 0 spiro atoms. The molecule has 1 unspecified atom stereocenters. The fourth-order valence-electron chi connectivity index (χ4n) is 5.13. The number of nitrogens with one attached hydrogen (secondary N) is 1. The van der Waals surface area contributed by atoms with Gasteiger partial charge in [-0.05, 0) is 78.8 Å². The van der Waals surface area contributed by atoms with Crippen LogP contribution in [0.5, 0.6) is 11.5 Å². The van der Waals surface area contributed by atoms with Gasteiger partial charge in [0, 0.05) is 36.0 Å². The summed E-state index contributed by atoms with van der Waals surface area (Å²) in [6.45, 7) is 7.80. The van der Waals surface area contributed by atoms with Crippen molar-refractivity contribution in [1.29, 1.82) is 0 Å². The minimum atomic E-state index is -2.99. The van der Waals surface area contributed by atoms with Crippen molar-refractivity contribution in [3.8, 4) is 22.6 Å². The molecule has 0 aromatic heterocycles.